The minimum absolute atomic E-state index is 0.174. The maximum Gasteiger partial charge on any atom is 0.261 e. The number of pyridine rings is 1. The van der Waals surface area contributed by atoms with E-state index in [0.717, 1.165) is 5.56 Å². The summed E-state index contributed by atoms with van der Waals surface area (Å²) >= 11 is 0. The van der Waals surface area contributed by atoms with Gasteiger partial charge in [-0.3, -0.25) is 14.5 Å². The molecule has 0 spiro atoms. The van der Waals surface area contributed by atoms with Crippen LogP contribution in [0.3, 0.4) is 0 Å². The number of hydrogen-bond acceptors (Lipinski definition) is 4. The molecule has 3 aromatic rings. The number of aromatic nitrogens is 1. The molecule has 0 atom stereocenters. The van der Waals surface area contributed by atoms with Crippen molar-refractivity contribution in [1.82, 2.24) is 4.98 Å². The number of sulfonamides is 1. The van der Waals surface area contributed by atoms with Gasteiger partial charge in [-0.1, -0.05) is 23.8 Å². The average molecular weight is 367 g/mol. The van der Waals surface area contributed by atoms with Crippen molar-refractivity contribution in [2.45, 2.75) is 11.8 Å². The molecule has 2 aromatic carbocycles. The number of rotatable bonds is 5. The third-order valence-corrected chi connectivity index (χ3v) is 5.02. The van der Waals surface area contributed by atoms with Gasteiger partial charge in [-0.15, -0.1) is 0 Å². The molecule has 7 heteroatoms. The first-order chi connectivity index (χ1) is 12.4. The summed E-state index contributed by atoms with van der Waals surface area (Å²) in [6, 6.07) is 16.4. The lowest BCUT2D eigenvalue weighted by atomic mass is 10.2. The first kappa shape index (κ1) is 17.6. The van der Waals surface area contributed by atoms with Gasteiger partial charge in [-0.05, 0) is 49.4 Å². The zero-order chi connectivity index (χ0) is 18.6. The van der Waals surface area contributed by atoms with Crippen LogP contribution < -0.4 is 10.0 Å². The molecule has 0 saturated carbocycles. The van der Waals surface area contributed by atoms with Gasteiger partial charge in [0.1, 0.15) is 0 Å². The van der Waals surface area contributed by atoms with Gasteiger partial charge >= 0.3 is 0 Å². The van der Waals surface area contributed by atoms with E-state index in [0.29, 0.717) is 16.9 Å². The van der Waals surface area contributed by atoms with Crippen molar-refractivity contribution < 1.29 is 13.2 Å². The summed E-state index contributed by atoms with van der Waals surface area (Å²) in [6.45, 7) is 1.89. The van der Waals surface area contributed by atoms with Crippen molar-refractivity contribution >= 4 is 27.3 Å². The Kier molecular flexibility index (Phi) is 4.99. The van der Waals surface area contributed by atoms with Gasteiger partial charge < -0.3 is 5.32 Å². The maximum atomic E-state index is 12.5. The van der Waals surface area contributed by atoms with Crippen LogP contribution in [0.1, 0.15) is 15.9 Å². The summed E-state index contributed by atoms with van der Waals surface area (Å²) in [5.74, 6) is -0.323. The van der Waals surface area contributed by atoms with E-state index in [9.17, 15) is 13.2 Å². The van der Waals surface area contributed by atoms with E-state index in [-0.39, 0.29) is 10.8 Å². The van der Waals surface area contributed by atoms with Gasteiger partial charge in [0, 0.05) is 18.1 Å². The van der Waals surface area contributed by atoms with Crippen molar-refractivity contribution in [3.05, 3.63) is 84.2 Å². The number of anilines is 2. The summed E-state index contributed by atoms with van der Waals surface area (Å²) in [6.07, 6.45) is 3.04. The molecule has 0 aliphatic carbocycles. The number of nitrogens with zero attached hydrogens (tertiary/aromatic N) is 1. The molecule has 0 aliphatic heterocycles. The minimum Gasteiger partial charge on any atom is -0.322 e. The van der Waals surface area contributed by atoms with E-state index in [1.807, 2.05) is 6.92 Å². The molecular formula is C19H17N3O3S. The van der Waals surface area contributed by atoms with Gasteiger partial charge in [0.2, 0.25) is 0 Å². The summed E-state index contributed by atoms with van der Waals surface area (Å²) in [4.78, 5) is 16.2. The lowest BCUT2D eigenvalue weighted by Gasteiger charge is -2.10. The standard InChI is InChI=1S/C19H17N3O3S/c1-14-7-9-18(10-8-14)26(24,25)22-17-6-2-5-16(12-17)21-19(23)15-4-3-11-20-13-15/h2-13,22H,1H3,(H,21,23). The molecule has 1 heterocycles. The number of aryl methyl sites for hydroxylation is 1. The Bertz CT molecular complexity index is 1020. The van der Waals surface area contributed by atoms with Gasteiger partial charge in [0.25, 0.3) is 15.9 Å². The average Bonchev–Trinajstić information content (AvgIpc) is 2.63. The van der Waals surface area contributed by atoms with Crippen LogP contribution >= 0.6 is 0 Å². The fraction of sp³-hybridized carbons (Fsp3) is 0.0526. The van der Waals surface area contributed by atoms with E-state index in [4.69, 9.17) is 0 Å². The van der Waals surface area contributed by atoms with Crippen molar-refractivity contribution in [1.29, 1.82) is 0 Å². The topological polar surface area (TPSA) is 88.2 Å². The highest BCUT2D eigenvalue weighted by Gasteiger charge is 2.14. The molecule has 0 unspecified atom stereocenters. The van der Waals surface area contributed by atoms with Gasteiger partial charge in [-0.2, -0.15) is 0 Å². The van der Waals surface area contributed by atoms with Crippen LogP contribution in [0, 0.1) is 6.92 Å². The largest absolute Gasteiger partial charge is 0.322 e. The van der Waals surface area contributed by atoms with E-state index < -0.39 is 10.0 Å². The second-order valence-electron chi connectivity index (χ2n) is 5.70. The molecule has 0 bridgehead atoms. The molecule has 2 N–H and O–H groups in total. The van der Waals surface area contributed by atoms with Crippen LogP contribution in [0.5, 0.6) is 0 Å². The Morgan fingerprint density at radius 2 is 1.69 bits per heavy atom. The Morgan fingerprint density at radius 3 is 2.38 bits per heavy atom. The lowest BCUT2D eigenvalue weighted by molar-refractivity contribution is 0.102. The molecule has 6 nitrogen and oxygen atoms in total. The Balaban J connectivity index is 1.77. The SMILES string of the molecule is Cc1ccc(S(=O)(=O)Nc2cccc(NC(=O)c3cccnc3)c2)cc1. The third kappa shape index (κ3) is 4.25. The first-order valence-corrected chi connectivity index (χ1v) is 9.33. The molecule has 0 fully saturated rings. The van der Waals surface area contributed by atoms with Crippen LogP contribution in [0.25, 0.3) is 0 Å². The molecule has 1 aromatic heterocycles. The number of amides is 1. The summed E-state index contributed by atoms with van der Waals surface area (Å²) in [5.41, 5.74) is 2.22. The zero-order valence-corrected chi connectivity index (χ0v) is 14.8. The normalized spacial score (nSPS) is 11.0. The molecular weight excluding hydrogens is 350 g/mol. The summed E-state index contributed by atoms with van der Waals surface area (Å²) < 4.78 is 27.4. The number of hydrogen-bond donors (Lipinski definition) is 2. The monoisotopic (exact) mass is 367 g/mol. The van der Waals surface area contributed by atoms with E-state index >= 15 is 0 Å². The van der Waals surface area contributed by atoms with Gasteiger partial charge in [0.15, 0.2) is 0 Å². The first-order valence-electron chi connectivity index (χ1n) is 7.85. The minimum atomic E-state index is -3.70. The molecule has 26 heavy (non-hydrogen) atoms. The zero-order valence-electron chi connectivity index (χ0n) is 14.0. The Hall–Kier alpha value is -3.19. The van der Waals surface area contributed by atoms with E-state index in [1.54, 1.807) is 66.9 Å². The van der Waals surface area contributed by atoms with Gasteiger partial charge in [-0.25, -0.2) is 8.42 Å². The molecule has 0 aliphatic rings. The number of nitrogens with one attached hydrogen (secondary N) is 2. The number of benzene rings is 2. The molecule has 0 saturated heterocycles. The number of carbonyl (C=O) groups is 1. The van der Waals surface area contributed by atoms with E-state index in [2.05, 4.69) is 15.0 Å². The van der Waals surface area contributed by atoms with Gasteiger partial charge in [0.05, 0.1) is 16.1 Å². The van der Waals surface area contributed by atoms with Crippen molar-refractivity contribution in [3.63, 3.8) is 0 Å². The maximum absolute atomic E-state index is 12.5. The predicted molar refractivity (Wildman–Crippen MR) is 101 cm³/mol. The van der Waals surface area contributed by atoms with Crippen molar-refractivity contribution in [2.24, 2.45) is 0 Å². The smallest absolute Gasteiger partial charge is 0.261 e. The molecule has 1 amide bonds. The summed E-state index contributed by atoms with van der Waals surface area (Å²) in [7, 11) is -3.70. The van der Waals surface area contributed by atoms with Crippen LogP contribution in [0.15, 0.2) is 78.0 Å². The van der Waals surface area contributed by atoms with Crippen molar-refractivity contribution in [3.8, 4) is 0 Å². The Morgan fingerprint density at radius 1 is 0.962 bits per heavy atom. The molecule has 0 radical (unpaired) electrons. The Labute approximate surface area is 152 Å². The van der Waals surface area contributed by atoms with Crippen LogP contribution in [0.2, 0.25) is 0 Å². The van der Waals surface area contributed by atoms with Crippen LogP contribution in [0.4, 0.5) is 11.4 Å². The second kappa shape index (κ2) is 7.37. The van der Waals surface area contributed by atoms with Crippen LogP contribution in [-0.2, 0) is 10.0 Å². The van der Waals surface area contributed by atoms with Crippen LogP contribution in [-0.4, -0.2) is 19.3 Å². The predicted octanol–water partition coefficient (Wildman–Crippen LogP) is 3.44. The molecule has 132 valence electrons. The fourth-order valence-corrected chi connectivity index (χ4v) is 3.34. The van der Waals surface area contributed by atoms with E-state index in [1.165, 1.54) is 6.20 Å². The highest BCUT2D eigenvalue weighted by molar-refractivity contribution is 7.92. The highest BCUT2D eigenvalue weighted by atomic mass is 32.2. The third-order valence-electron chi connectivity index (χ3n) is 3.63. The van der Waals surface area contributed by atoms with Crippen molar-refractivity contribution in [2.75, 3.05) is 10.0 Å². The fourth-order valence-electron chi connectivity index (χ4n) is 2.29. The lowest BCUT2D eigenvalue weighted by Crippen LogP contribution is -2.14. The second-order valence-corrected chi connectivity index (χ2v) is 7.38. The quantitative estimate of drug-likeness (QED) is 0.723. The summed E-state index contributed by atoms with van der Waals surface area (Å²) in [5, 5.41) is 2.72. The highest BCUT2D eigenvalue weighted by Crippen LogP contribution is 2.20. The number of carbonyl (C=O) groups excluding carboxylic acids is 1. The molecule has 3 rings (SSSR count).